The fraction of sp³-hybridized carbons (Fsp3) is 0.467. The Bertz CT molecular complexity index is 790. The van der Waals surface area contributed by atoms with Crippen molar-refractivity contribution in [3.63, 3.8) is 0 Å². The summed E-state index contributed by atoms with van der Waals surface area (Å²) >= 11 is 3.48. The van der Waals surface area contributed by atoms with Gasteiger partial charge < -0.3 is 12.4 Å². The second kappa shape index (κ2) is 7.02. The van der Waals surface area contributed by atoms with Crippen LogP contribution in [0.25, 0.3) is 5.52 Å². The maximum Gasteiger partial charge on any atom is -1.00 e. The Balaban J connectivity index is 0.00000225. The van der Waals surface area contributed by atoms with E-state index in [4.69, 9.17) is 4.11 Å². The monoisotopic (exact) mass is 456 g/mol. The largest absolute Gasteiger partial charge is 1.00 e. The fourth-order valence-electron chi connectivity index (χ4n) is 2.82. The van der Waals surface area contributed by atoms with Crippen LogP contribution in [-0.4, -0.2) is 32.8 Å². The van der Waals surface area contributed by atoms with Gasteiger partial charge >= 0.3 is 142 Å². The van der Waals surface area contributed by atoms with Gasteiger partial charge in [0.25, 0.3) is 0 Å². The minimum atomic E-state index is -2.76. The first-order chi connectivity index (χ1) is 11.2. The van der Waals surface area contributed by atoms with Crippen molar-refractivity contribution in [1.82, 2.24) is 0 Å². The minimum Gasteiger partial charge on any atom is -1.00 e. The second-order valence-electron chi connectivity index (χ2n) is 5.34. The molecule has 1 saturated carbocycles. The first kappa shape index (κ1) is 14.0. The number of hydrogen-bond donors (Lipinski definition) is 1. The van der Waals surface area contributed by atoms with E-state index in [0.717, 1.165) is 46.5 Å². The van der Waals surface area contributed by atoms with Crippen LogP contribution in [0.5, 0.6) is 0 Å². The van der Waals surface area contributed by atoms with Gasteiger partial charge in [-0.3, -0.25) is 0 Å². The van der Waals surface area contributed by atoms with Gasteiger partial charge in [-0.1, -0.05) is 0 Å². The van der Waals surface area contributed by atoms with E-state index in [-0.39, 0.29) is 32.7 Å². The number of fused-ring (bicyclic) bond motifs is 1. The molecule has 7 heteroatoms. The molecule has 0 radical (unpaired) electrons. The summed E-state index contributed by atoms with van der Waals surface area (Å²) in [7, 11) is -2.76. The molecule has 0 amide bonds. The third-order valence-electron chi connectivity index (χ3n) is 3.96. The average Bonchev–Trinajstić information content (AvgIpc) is 2.84. The molecule has 0 aliphatic heterocycles. The molecule has 0 saturated heterocycles. The van der Waals surface area contributed by atoms with E-state index in [9.17, 15) is 9.90 Å². The molecule has 0 atom stereocenters. The summed E-state index contributed by atoms with van der Waals surface area (Å²) in [5.74, 6) is -0.879. The van der Waals surface area contributed by atoms with Crippen molar-refractivity contribution in [1.29, 1.82) is 0 Å². The summed E-state index contributed by atoms with van der Waals surface area (Å²) in [6, 6.07) is 3.16. The standard InChI is InChI=1S/C15H17BrNO3Se.ClH/c1-20-14(18)10-5-8-17-11(9-10)12(16)13(21-17)15(19)6-3-2-4-7-15;/h5,8-9,19H,2-4,6-7H2,1H3;1H/q+1;/p-1/i1D3;. The van der Waals surface area contributed by atoms with Gasteiger partial charge in [-0.15, -0.1) is 0 Å². The Labute approximate surface area is 154 Å². The summed E-state index contributed by atoms with van der Waals surface area (Å²) < 4.78 is 29.3. The van der Waals surface area contributed by atoms with Gasteiger partial charge in [-0.25, -0.2) is 0 Å². The number of rotatable bonds is 2. The maximum absolute atomic E-state index is 11.9. The van der Waals surface area contributed by atoms with Crippen LogP contribution < -0.4 is 15.8 Å². The van der Waals surface area contributed by atoms with Crippen LogP contribution in [0.1, 0.15) is 51.0 Å². The van der Waals surface area contributed by atoms with E-state index in [1.165, 1.54) is 0 Å². The third kappa shape index (κ3) is 3.13. The first-order valence-corrected chi connectivity index (χ1v) is 9.22. The third-order valence-corrected chi connectivity index (χ3v) is 8.05. The number of ether oxygens (including phenoxy) is 1. The van der Waals surface area contributed by atoms with Gasteiger partial charge in [0.2, 0.25) is 0 Å². The van der Waals surface area contributed by atoms with E-state index < -0.39 is 18.6 Å². The molecule has 4 nitrogen and oxygen atoms in total. The zero-order valence-corrected chi connectivity index (χ0v) is 15.7. The Morgan fingerprint density at radius 3 is 2.91 bits per heavy atom. The SMILES string of the molecule is [2H]C([2H])([2H])OC(=O)c1cc[n+]2[se]c(C3(O)CCCCC3)c(Br)c2c1.[Cl-]. The molecule has 1 N–H and O–H groups in total. The summed E-state index contributed by atoms with van der Waals surface area (Å²) in [6.45, 7) is 0. The molecule has 0 bridgehead atoms. The predicted molar refractivity (Wildman–Crippen MR) is 82.6 cm³/mol. The Morgan fingerprint density at radius 2 is 2.23 bits per heavy atom. The molecule has 22 heavy (non-hydrogen) atoms. The van der Waals surface area contributed by atoms with Gasteiger partial charge in [0.15, 0.2) is 0 Å². The molecule has 1 fully saturated rings. The van der Waals surface area contributed by atoms with Crippen LogP contribution in [0.4, 0.5) is 0 Å². The minimum absolute atomic E-state index is 0. The Kier molecular flexibility index (Phi) is 4.46. The smallest absolute Gasteiger partial charge is 1.00 e. The zero-order valence-electron chi connectivity index (χ0n) is 14.6. The molecule has 0 unspecified atom stereocenters. The van der Waals surface area contributed by atoms with Crippen molar-refractivity contribution < 1.29 is 34.6 Å². The molecule has 0 aromatic carbocycles. The van der Waals surface area contributed by atoms with E-state index in [1.54, 1.807) is 18.3 Å². The predicted octanol–water partition coefficient (Wildman–Crippen LogP) is -0.813. The van der Waals surface area contributed by atoms with Gasteiger partial charge in [0.05, 0.1) is 0 Å². The molecule has 2 aromatic heterocycles. The fourth-order valence-corrected chi connectivity index (χ4v) is 6.48. The molecular formula is C15H17BrClNO3Se. The Morgan fingerprint density at radius 1 is 1.50 bits per heavy atom. The maximum atomic E-state index is 11.9. The van der Waals surface area contributed by atoms with Crippen LogP contribution in [0.15, 0.2) is 22.8 Å². The number of nitrogens with zero attached hydrogens (tertiary/aromatic N) is 1. The molecule has 2 heterocycles. The quantitative estimate of drug-likeness (QED) is 0.475. The molecular weight excluding hydrogens is 436 g/mol. The average molecular weight is 457 g/mol. The number of pyridine rings is 1. The van der Waals surface area contributed by atoms with Crippen molar-refractivity contribution in [2.75, 3.05) is 7.04 Å². The second-order valence-corrected chi connectivity index (χ2v) is 8.20. The zero-order chi connectivity index (χ0) is 17.5. The molecule has 120 valence electrons. The van der Waals surface area contributed by atoms with Gasteiger partial charge in [0.1, 0.15) is 0 Å². The Hall–Kier alpha value is -0.391. The molecule has 2 aromatic rings. The number of aromatic nitrogens is 1. The summed E-state index contributed by atoms with van der Waals surface area (Å²) in [5.41, 5.74) is 0.161. The number of aliphatic hydroxyl groups is 1. The van der Waals surface area contributed by atoms with E-state index in [2.05, 4.69) is 20.7 Å². The summed E-state index contributed by atoms with van der Waals surface area (Å²) in [4.78, 5) is 11.9. The van der Waals surface area contributed by atoms with Gasteiger partial charge in [-0.05, 0) is 0 Å². The number of methoxy groups -OCH3 is 1. The number of halogens is 2. The number of carbonyl (C=O) groups excluding carboxylic acids is 1. The summed E-state index contributed by atoms with van der Waals surface area (Å²) in [6.07, 6.45) is 6.40. The molecule has 0 spiro atoms. The number of hydrogen-bond acceptors (Lipinski definition) is 3. The van der Waals surface area contributed by atoms with Crippen LogP contribution >= 0.6 is 15.9 Å². The van der Waals surface area contributed by atoms with Crippen LogP contribution in [0, 0.1) is 0 Å². The van der Waals surface area contributed by atoms with Crippen LogP contribution in [-0.2, 0) is 10.3 Å². The van der Waals surface area contributed by atoms with Gasteiger partial charge in [-0.2, -0.15) is 0 Å². The van der Waals surface area contributed by atoms with Crippen molar-refractivity contribution in [2.45, 2.75) is 37.7 Å². The normalized spacial score (nSPS) is 19.6. The van der Waals surface area contributed by atoms with Crippen molar-refractivity contribution in [3.8, 4) is 0 Å². The summed E-state index contributed by atoms with van der Waals surface area (Å²) in [5, 5.41) is 11.0. The van der Waals surface area contributed by atoms with Gasteiger partial charge in [0, 0.05) is 0 Å². The molecule has 1 aliphatic rings. The van der Waals surface area contributed by atoms with Crippen molar-refractivity contribution in [2.24, 2.45) is 0 Å². The number of carbonyl (C=O) groups is 1. The van der Waals surface area contributed by atoms with Crippen molar-refractivity contribution >= 4 is 42.1 Å². The molecule has 3 rings (SSSR count). The van der Waals surface area contributed by atoms with Crippen molar-refractivity contribution in [3.05, 3.63) is 32.8 Å². The molecule has 1 aliphatic carbocycles. The van der Waals surface area contributed by atoms with Crippen LogP contribution in [0.3, 0.4) is 0 Å². The van der Waals surface area contributed by atoms with E-state index in [0.29, 0.717) is 0 Å². The van der Waals surface area contributed by atoms with E-state index >= 15 is 0 Å². The number of esters is 1. The van der Waals surface area contributed by atoms with E-state index in [1.807, 2.05) is 3.40 Å². The van der Waals surface area contributed by atoms with Crippen LogP contribution in [0.2, 0.25) is 0 Å². The first-order valence-electron chi connectivity index (χ1n) is 8.30. The topological polar surface area (TPSA) is 50.6 Å².